The molecule has 0 unspecified atom stereocenters. The molecule has 0 aliphatic carbocycles. The second-order valence-corrected chi connectivity index (χ2v) is 8.49. The fourth-order valence-corrected chi connectivity index (χ4v) is 4.06. The minimum absolute atomic E-state index is 0.674. The molecular weight excluding hydrogens is 253 g/mol. The number of benzene rings is 1. The van der Waals surface area contributed by atoms with Gasteiger partial charge in [-0.1, -0.05) is 0 Å². The number of halogens is 3. The molecule has 0 aliphatic rings. The van der Waals surface area contributed by atoms with Crippen LogP contribution in [0.1, 0.15) is 0 Å². The van der Waals surface area contributed by atoms with Crippen LogP contribution in [-0.4, -0.2) is 12.8 Å². The molecule has 4 heteroatoms. The van der Waals surface area contributed by atoms with Gasteiger partial charge >= 0.3 is 77.9 Å². The van der Waals surface area contributed by atoms with Crippen LogP contribution in [-0.2, 0) is 0 Å². The molecule has 0 radical (unpaired) electrons. The second kappa shape index (κ2) is 3.87. The summed E-state index contributed by atoms with van der Waals surface area (Å²) in [6.07, 6.45) is 0. The summed E-state index contributed by atoms with van der Waals surface area (Å²) in [7, 11) is 11.5. The van der Waals surface area contributed by atoms with Crippen LogP contribution in [0.2, 0.25) is 5.02 Å². The van der Waals surface area contributed by atoms with E-state index in [9.17, 15) is 0 Å². The third-order valence-corrected chi connectivity index (χ3v) is 5.13. The van der Waals surface area contributed by atoms with Crippen molar-refractivity contribution >= 4 is 48.6 Å². The fraction of sp³-hybridized carbons (Fsp3) is 0. The summed E-state index contributed by atoms with van der Waals surface area (Å²) in [5, 5.41) is 0.674. The maximum atomic E-state index is 5.79. The summed E-state index contributed by atoms with van der Waals surface area (Å²) in [4.78, 5) is 0. The molecule has 0 aliphatic heterocycles. The van der Waals surface area contributed by atoms with E-state index in [2.05, 4.69) is 0 Å². The van der Waals surface area contributed by atoms with Gasteiger partial charge in [-0.25, -0.2) is 0 Å². The first-order chi connectivity index (χ1) is 4.72. The molecule has 0 nitrogen and oxygen atoms in total. The Morgan fingerprint density at radius 2 is 1.70 bits per heavy atom. The molecule has 10 heavy (non-hydrogen) atoms. The molecule has 0 spiro atoms. The Bertz CT molecular complexity index is 224. The normalized spacial score (nSPS) is 10.4. The van der Waals surface area contributed by atoms with Gasteiger partial charge in [-0.15, -0.1) is 0 Å². The Labute approximate surface area is 77.7 Å². The number of rotatable bonds is 1. The number of hydrogen-bond donors (Lipinski definition) is 0. The predicted molar refractivity (Wildman–Crippen MR) is 48.5 cm³/mol. The molecule has 0 heterocycles. The van der Waals surface area contributed by atoms with Crippen molar-refractivity contribution in [2.24, 2.45) is 0 Å². The van der Waals surface area contributed by atoms with Gasteiger partial charge in [-0.3, -0.25) is 0 Å². The van der Waals surface area contributed by atoms with Crippen molar-refractivity contribution in [3.63, 3.8) is 0 Å². The van der Waals surface area contributed by atoms with Crippen molar-refractivity contribution in [2.75, 3.05) is 0 Å². The standard InChI is InChI=1S/C6H4AsCl3/c8-6-4-2-1-3-5(6)7(9)10/h1-4H. The Balaban J connectivity index is 3.03. The predicted octanol–water partition coefficient (Wildman–Crippen LogP) is 2.51. The zero-order chi connectivity index (χ0) is 7.56. The Hall–Kier alpha value is 0.648. The van der Waals surface area contributed by atoms with Crippen LogP contribution in [0.5, 0.6) is 0 Å². The first-order valence-corrected chi connectivity index (χ1v) is 8.83. The van der Waals surface area contributed by atoms with Gasteiger partial charge in [0.1, 0.15) is 0 Å². The monoisotopic (exact) mass is 256 g/mol. The second-order valence-electron chi connectivity index (χ2n) is 1.68. The van der Waals surface area contributed by atoms with Crippen LogP contribution < -0.4 is 4.35 Å². The van der Waals surface area contributed by atoms with Crippen molar-refractivity contribution in [3.8, 4) is 0 Å². The van der Waals surface area contributed by atoms with E-state index in [1.54, 1.807) is 6.07 Å². The quantitative estimate of drug-likeness (QED) is 0.678. The van der Waals surface area contributed by atoms with Crippen LogP contribution in [0, 0.1) is 0 Å². The van der Waals surface area contributed by atoms with E-state index in [1.165, 1.54) is 0 Å². The van der Waals surface area contributed by atoms with Crippen molar-refractivity contribution in [1.82, 2.24) is 0 Å². The summed E-state index contributed by atoms with van der Waals surface area (Å²) in [5.74, 6) is 0. The summed E-state index contributed by atoms with van der Waals surface area (Å²) in [6.45, 7) is 0. The fourth-order valence-electron chi connectivity index (χ4n) is 0.589. The van der Waals surface area contributed by atoms with E-state index in [1.807, 2.05) is 18.2 Å². The summed E-state index contributed by atoms with van der Waals surface area (Å²) < 4.78 is 0.903. The van der Waals surface area contributed by atoms with Crippen molar-refractivity contribution in [3.05, 3.63) is 29.3 Å². The van der Waals surface area contributed by atoms with Crippen molar-refractivity contribution < 1.29 is 0 Å². The third kappa shape index (κ3) is 2.07. The van der Waals surface area contributed by atoms with E-state index >= 15 is 0 Å². The third-order valence-electron chi connectivity index (χ3n) is 1.03. The summed E-state index contributed by atoms with van der Waals surface area (Å²) >= 11 is 3.97. The topological polar surface area (TPSA) is 0 Å². The van der Waals surface area contributed by atoms with Gasteiger partial charge in [-0.2, -0.15) is 0 Å². The van der Waals surface area contributed by atoms with Crippen LogP contribution in [0.15, 0.2) is 24.3 Å². The first kappa shape index (κ1) is 8.74. The van der Waals surface area contributed by atoms with E-state index in [4.69, 9.17) is 31.5 Å². The maximum absolute atomic E-state index is 5.79. The van der Waals surface area contributed by atoms with Gasteiger partial charge in [0.15, 0.2) is 0 Å². The minimum atomic E-state index is -1.82. The molecule has 0 N–H and O–H groups in total. The number of hydrogen-bond acceptors (Lipinski definition) is 0. The average Bonchev–Trinajstić information content (AvgIpc) is 1.88. The molecule has 0 atom stereocenters. The molecule has 0 fully saturated rings. The van der Waals surface area contributed by atoms with Crippen LogP contribution >= 0.6 is 31.5 Å². The summed E-state index contributed by atoms with van der Waals surface area (Å²) in [5.41, 5.74) is 0. The zero-order valence-corrected chi connectivity index (χ0v) is 9.03. The molecule has 0 bridgehead atoms. The van der Waals surface area contributed by atoms with Gasteiger partial charge in [0.05, 0.1) is 0 Å². The zero-order valence-electron chi connectivity index (χ0n) is 4.89. The van der Waals surface area contributed by atoms with Gasteiger partial charge in [0, 0.05) is 0 Å². The molecule has 1 aromatic rings. The molecule has 1 rings (SSSR count). The molecule has 54 valence electrons. The molecule has 0 saturated heterocycles. The van der Waals surface area contributed by atoms with Crippen molar-refractivity contribution in [1.29, 1.82) is 0 Å². The van der Waals surface area contributed by atoms with Gasteiger partial charge in [-0.05, 0) is 0 Å². The van der Waals surface area contributed by atoms with Gasteiger partial charge in [0.2, 0.25) is 0 Å². The molecule has 1 aromatic carbocycles. The van der Waals surface area contributed by atoms with E-state index < -0.39 is 12.8 Å². The molecule has 0 amide bonds. The first-order valence-electron chi connectivity index (χ1n) is 2.58. The van der Waals surface area contributed by atoms with Crippen LogP contribution in [0.4, 0.5) is 0 Å². The van der Waals surface area contributed by atoms with Crippen molar-refractivity contribution in [2.45, 2.75) is 0 Å². The molecular formula is C6H4AsCl3. The summed E-state index contributed by atoms with van der Waals surface area (Å²) in [6, 6.07) is 7.40. The van der Waals surface area contributed by atoms with E-state index in [0.717, 1.165) is 4.35 Å². The van der Waals surface area contributed by atoms with E-state index in [-0.39, 0.29) is 0 Å². The molecule has 0 aromatic heterocycles. The Morgan fingerprint density at radius 3 is 2.10 bits per heavy atom. The van der Waals surface area contributed by atoms with Crippen LogP contribution in [0.3, 0.4) is 0 Å². The molecule has 0 saturated carbocycles. The average molecular weight is 257 g/mol. The Kier molecular flexibility index (Phi) is 3.39. The SMILES string of the molecule is Clc1ccccc1[As](Cl)Cl. The Morgan fingerprint density at radius 1 is 1.10 bits per heavy atom. The van der Waals surface area contributed by atoms with Gasteiger partial charge in [0.25, 0.3) is 0 Å². The van der Waals surface area contributed by atoms with E-state index in [0.29, 0.717) is 5.02 Å². The van der Waals surface area contributed by atoms with Crippen LogP contribution in [0.25, 0.3) is 0 Å². The van der Waals surface area contributed by atoms with Gasteiger partial charge < -0.3 is 0 Å².